The van der Waals surface area contributed by atoms with Gasteiger partial charge in [0.05, 0.1) is 22.4 Å². The average Bonchev–Trinajstić information content (AvgIpc) is 3.60. The molecule has 10 aromatic rings. The van der Waals surface area contributed by atoms with Crippen LogP contribution in [0.25, 0.3) is 77.4 Å². The Morgan fingerprint density at radius 2 is 0.981 bits per heavy atom. The Balaban J connectivity index is 1.06. The number of anilines is 3. The molecule has 0 spiro atoms. The summed E-state index contributed by atoms with van der Waals surface area (Å²) >= 11 is 0. The fourth-order valence-corrected chi connectivity index (χ4v) is 7.34. The second kappa shape index (κ2) is 12.4. The fraction of sp³-hybridized carbons (Fsp3) is 0. The zero-order valence-electron chi connectivity index (χ0n) is 28.1. The number of aromatic nitrogens is 2. The Hall–Kier alpha value is -7.04. The number of hydrogen-bond donors (Lipinski definition) is 0. The number of para-hydroxylation sites is 4. The highest BCUT2D eigenvalue weighted by atomic mass is 16.3. The lowest BCUT2D eigenvalue weighted by molar-refractivity contribution is 0.669. The van der Waals surface area contributed by atoms with Crippen molar-refractivity contribution in [3.8, 4) is 33.6 Å². The first-order chi connectivity index (χ1) is 25.8. The third-order valence-corrected chi connectivity index (χ3v) is 9.81. The van der Waals surface area contributed by atoms with E-state index in [0.717, 1.165) is 83.7 Å². The molecule has 10 rings (SSSR count). The molecule has 0 bridgehead atoms. The Labute approximate surface area is 300 Å². The molecular formula is C48H31N3O. The lowest BCUT2D eigenvalue weighted by atomic mass is 9.97. The van der Waals surface area contributed by atoms with Crippen LogP contribution in [0.1, 0.15) is 0 Å². The van der Waals surface area contributed by atoms with Crippen molar-refractivity contribution >= 4 is 60.8 Å². The second-order valence-corrected chi connectivity index (χ2v) is 13.0. The van der Waals surface area contributed by atoms with Crippen molar-refractivity contribution in [1.82, 2.24) is 9.97 Å². The molecule has 0 amide bonds. The van der Waals surface area contributed by atoms with Crippen molar-refractivity contribution in [2.24, 2.45) is 0 Å². The van der Waals surface area contributed by atoms with E-state index in [-0.39, 0.29) is 0 Å². The van der Waals surface area contributed by atoms with Gasteiger partial charge in [0.2, 0.25) is 0 Å². The molecule has 4 nitrogen and oxygen atoms in total. The van der Waals surface area contributed by atoms with E-state index in [1.165, 1.54) is 10.8 Å². The van der Waals surface area contributed by atoms with Gasteiger partial charge < -0.3 is 9.32 Å². The highest BCUT2D eigenvalue weighted by molar-refractivity contribution is 6.14. The molecule has 0 radical (unpaired) electrons. The molecule has 4 heteroatoms. The van der Waals surface area contributed by atoms with Crippen LogP contribution in [0.3, 0.4) is 0 Å². The second-order valence-electron chi connectivity index (χ2n) is 13.0. The number of nitrogens with zero attached hydrogens (tertiary/aromatic N) is 3. The quantitative estimate of drug-likeness (QED) is 0.177. The van der Waals surface area contributed by atoms with Crippen molar-refractivity contribution in [2.75, 3.05) is 4.90 Å². The van der Waals surface area contributed by atoms with Crippen molar-refractivity contribution in [3.63, 3.8) is 0 Å². The zero-order chi connectivity index (χ0) is 34.4. The summed E-state index contributed by atoms with van der Waals surface area (Å²) < 4.78 is 6.57. The molecule has 0 N–H and O–H groups in total. The van der Waals surface area contributed by atoms with Gasteiger partial charge in [-0.3, -0.25) is 0 Å². The van der Waals surface area contributed by atoms with E-state index in [2.05, 4.69) is 138 Å². The minimum Gasteiger partial charge on any atom is -0.456 e. The highest BCUT2D eigenvalue weighted by Crippen LogP contribution is 2.41. The van der Waals surface area contributed by atoms with Crippen LogP contribution >= 0.6 is 0 Å². The third-order valence-electron chi connectivity index (χ3n) is 9.81. The highest BCUT2D eigenvalue weighted by Gasteiger charge is 2.19. The molecule has 0 saturated carbocycles. The molecule has 0 aliphatic heterocycles. The van der Waals surface area contributed by atoms with Crippen molar-refractivity contribution < 1.29 is 4.42 Å². The summed E-state index contributed by atoms with van der Waals surface area (Å²) in [4.78, 5) is 12.6. The summed E-state index contributed by atoms with van der Waals surface area (Å²) in [7, 11) is 0. The predicted octanol–water partition coefficient (Wildman–Crippen LogP) is 13.2. The first-order valence-corrected chi connectivity index (χ1v) is 17.5. The molecule has 0 unspecified atom stereocenters. The molecule has 0 fully saturated rings. The minimum atomic E-state index is 0.825. The molecule has 0 aliphatic carbocycles. The molecule has 8 aromatic carbocycles. The minimum absolute atomic E-state index is 0.825. The first-order valence-electron chi connectivity index (χ1n) is 17.5. The van der Waals surface area contributed by atoms with E-state index in [1.54, 1.807) is 0 Å². The monoisotopic (exact) mass is 665 g/mol. The number of benzene rings is 8. The van der Waals surface area contributed by atoms with Gasteiger partial charge in [-0.15, -0.1) is 0 Å². The Morgan fingerprint density at radius 3 is 1.71 bits per heavy atom. The number of fused-ring (bicyclic) bond motifs is 5. The van der Waals surface area contributed by atoms with Gasteiger partial charge in [-0.05, 0) is 94.7 Å². The number of furan rings is 1. The maximum Gasteiger partial charge on any atom is 0.136 e. The molecule has 0 aliphatic rings. The summed E-state index contributed by atoms with van der Waals surface area (Å²) in [5.74, 6) is 0. The van der Waals surface area contributed by atoms with E-state index in [1.807, 2.05) is 54.6 Å². The lowest BCUT2D eigenvalue weighted by Crippen LogP contribution is -2.09. The van der Waals surface area contributed by atoms with E-state index < -0.39 is 0 Å². The Morgan fingerprint density at radius 1 is 0.385 bits per heavy atom. The maximum atomic E-state index is 6.57. The normalized spacial score (nSPS) is 11.5. The SMILES string of the molecule is c1ccc(-c2nc3ccccc3nc2-c2cccc3oc4cc(-c5ccc6cc(N(c7ccccc7)c7ccccc7)ccc6c5)ccc4c23)cc1. The van der Waals surface area contributed by atoms with Gasteiger partial charge >= 0.3 is 0 Å². The number of rotatable bonds is 6. The van der Waals surface area contributed by atoms with Crippen LogP contribution in [0.2, 0.25) is 0 Å². The summed E-state index contributed by atoms with van der Waals surface area (Å²) in [5.41, 5.74) is 12.7. The summed E-state index contributed by atoms with van der Waals surface area (Å²) in [5, 5.41) is 4.45. The van der Waals surface area contributed by atoms with Crippen molar-refractivity contribution in [3.05, 3.63) is 188 Å². The topological polar surface area (TPSA) is 42.2 Å². The van der Waals surface area contributed by atoms with Gasteiger partial charge in [0.25, 0.3) is 0 Å². The summed E-state index contributed by atoms with van der Waals surface area (Å²) in [6.07, 6.45) is 0. The largest absolute Gasteiger partial charge is 0.456 e. The Bertz CT molecular complexity index is 2860. The lowest BCUT2D eigenvalue weighted by Gasteiger charge is -2.25. The van der Waals surface area contributed by atoms with Crippen molar-refractivity contribution in [1.29, 1.82) is 0 Å². The van der Waals surface area contributed by atoms with Crippen LogP contribution in [0.5, 0.6) is 0 Å². The van der Waals surface area contributed by atoms with Crippen LogP contribution < -0.4 is 4.90 Å². The van der Waals surface area contributed by atoms with Gasteiger partial charge in [-0.25, -0.2) is 9.97 Å². The fourth-order valence-electron chi connectivity index (χ4n) is 7.34. The molecule has 0 saturated heterocycles. The third kappa shape index (κ3) is 5.17. The van der Waals surface area contributed by atoms with Gasteiger partial charge in [0, 0.05) is 39.0 Å². The molecule has 2 heterocycles. The average molecular weight is 666 g/mol. The van der Waals surface area contributed by atoms with Crippen LogP contribution in [0, 0.1) is 0 Å². The Kier molecular flexibility index (Phi) is 7.10. The van der Waals surface area contributed by atoms with E-state index in [0.29, 0.717) is 0 Å². The number of hydrogen-bond acceptors (Lipinski definition) is 4. The molecule has 2 aromatic heterocycles. The van der Waals surface area contributed by atoms with Gasteiger partial charge in [0.15, 0.2) is 0 Å². The molecular weight excluding hydrogens is 635 g/mol. The van der Waals surface area contributed by atoms with Crippen LogP contribution in [-0.2, 0) is 0 Å². The molecule has 0 atom stereocenters. The van der Waals surface area contributed by atoms with Gasteiger partial charge in [-0.2, -0.15) is 0 Å². The van der Waals surface area contributed by atoms with Gasteiger partial charge in [-0.1, -0.05) is 115 Å². The van der Waals surface area contributed by atoms with Crippen LogP contribution in [-0.4, -0.2) is 9.97 Å². The standard InChI is InChI=1S/C48H31N3O/c1-4-13-32(14-5-1)47-48(50-43-21-11-10-20-42(43)49-47)41-19-12-22-44-46(41)40-28-26-36(31-45(40)52-44)33-23-24-35-30-39(27-25-34(35)29-33)51(37-15-6-2-7-16-37)38-17-8-3-9-18-38/h1-31H. The van der Waals surface area contributed by atoms with Crippen LogP contribution in [0.15, 0.2) is 192 Å². The predicted molar refractivity (Wildman–Crippen MR) is 215 cm³/mol. The maximum absolute atomic E-state index is 6.57. The smallest absolute Gasteiger partial charge is 0.136 e. The molecule has 52 heavy (non-hydrogen) atoms. The van der Waals surface area contributed by atoms with E-state index in [9.17, 15) is 0 Å². The van der Waals surface area contributed by atoms with E-state index >= 15 is 0 Å². The van der Waals surface area contributed by atoms with E-state index in [4.69, 9.17) is 14.4 Å². The molecule has 244 valence electrons. The summed E-state index contributed by atoms with van der Waals surface area (Å²) in [6.45, 7) is 0. The zero-order valence-corrected chi connectivity index (χ0v) is 28.1. The van der Waals surface area contributed by atoms with Crippen molar-refractivity contribution in [2.45, 2.75) is 0 Å². The van der Waals surface area contributed by atoms with Gasteiger partial charge in [0.1, 0.15) is 11.2 Å². The summed E-state index contributed by atoms with van der Waals surface area (Å²) in [6, 6.07) is 65.5. The van der Waals surface area contributed by atoms with Crippen LogP contribution in [0.4, 0.5) is 17.1 Å². The first kappa shape index (κ1) is 29.8.